The van der Waals surface area contributed by atoms with Gasteiger partial charge in [0.15, 0.2) is 5.82 Å². The average molecular weight is 348 g/mol. The summed E-state index contributed by atoms with van der Waals surface area (Å²) in [5.41, 5.74) is 3.38. The van der Waals surface area contributed by atoms with Gasteiger partial charge in [-0.25, -0.2) is 4.68 Å². The van der Waals surface area contributed by atoms with E-state index in [4.69, 9.17) is 0 Å². The highest BCUT2D eigenvalue weighted by atomic mass is 16.1. The Kier molecular flexibility index (Phi) is 5.56. The molecule has 1 heterocycles. The van der Waals surface area contributed by atoms with Crippen LogP contribution in [0.25, 0.3) is 0 Å². The molecule has 0 amide bonds. The van der Waals surface area contributed by atoms with Crippen LogP contribution in [0.3, 0.4) is 0 Å². The Morgan fingerprint density at radius 3 is 2.27 bits per heavy atom. The molecule has 1 atom stereocenters. The first-order chi connectivity index (χ1) is 12.5. The minimum Gasteiger partial charge on any atom is -0.299 e. The lowest BCUT2D eigenvalue weighted by Gasteiger charge is -2.15. The lowest BCUT2D eigenvalue weighted by molar-refractivity contribution is -0.118. The average Bonchev–Trinajstić information content (AvgIpc) is 3.06. The SMILES string of the molecule is CC(C)c1ccc(CC(=O)CC(c2ccccc2)c2nnnn2C)cc1. The number of hydrogen-bond donors (Lipinski definition) is 0. The fourth-order valence-electron chi connectivity index (χ4n) is 3.12. The molecule has 1 unspecified atom stereocenters. The van der Waals surface area contributed by atoms with E-state index in [1.54, 1.807) is 11.7 Å². The number of ketones is 1. The van der Waals surface area contributed by atoms with Crippen molar-refractivity contribution in [3.63, 3.8) is 0 Å². The Morgan fingerprint density at radius 2 is 1.69 bits per heavy atom. The number of rotatable bonds is 7. The van der Waals surface area contributed by atoms with Gasteiger partial charge in [-0.05, 0) is 33.0 Å². The van der Waals surface area contributed by atoms with Crippen LogP contribution in [0.4, 0.5) is 0 Å². The molecule has 5 nitrogen and oxygen atoms in total. The third-order valence-electron chi connectivity index (χ3n) is 4.65. The third-order valence-corrected chi connectivity index (χ3v) is 4.65. The van der Waals surface area contributed by atoms with Gasteiger partial charge in [0.1, 0.15) is 5.78 Å². The van der Waals surface area contributed by atoms with E-state index < -0.39 is 0 Å². The van der Waals surface area contributed by atoms with E-state index in [9.17, 15) is 4.79 Å². The summed E-state index contributed by atoms with van der Waals surface area (Å²) < 4.78 is 1.64. The monoisotopic (exact) mass is 348 g/mol. The molecular formula is C21H24N4O. The molecule has 2 aromatic carbocycles. The fourth-order valence-corrected chi connectivity index (χ4v) is 3.12. The predicted molar refractivity (Wildman–Crippen MR) is 101 cm³/mol. The minimum atomic E-state index is -0.140. The van der Waals surface area contributed by atoms with Gasteiger partial charge >= 0.3 is 0 Å². The van der Waals surface area contributed by atoms with Crippen molar-refractivity contribution in [2.75, 3.05) is 0 Å². The molecule has 0 aliphatic rings. The number of aryl methyl sites for hydroxylation is 1. The van der Waals surface area contributed by atoms with E-state index >= 15 is 0 Å². The van der Waals surface area contributed by atoms with Crippen molar-refractivity contribution in [3.05, 3.63) is 77.1 Å². The topological polar surface area (TPSA) is 60.7 Å². The predicted octanol–water partition coefficient (Wildman–Crippen LogP) is 3.67. The molecule has 0 aliphatic carbocycles. The van der Waals surface area contributed by atoms with E-state index in [-0.39, 0.29) is 11.7 Å². The zero-order chi connectivity index (χ0) is 18.5. The second-order valence-corrected chi connectivity index (χ2v) is 6.94. The first kappa shape index (κ1) is 18.0. The Balaban J connectivity index is 1.76. The number of nitrogens with zero attached hydrogens (tertiary/aromatic N) is 4. The first-order valence-corrected chi connectivity index (χ1v) is 8.92. The van der Waals surface area contributed by atoms with E-state index in [0.29, 0.717) is 24.6 Å². The molecule has 0 spiro atoms. The van der Waals surface area contributed by atoms with Crippen LogP contribution in [0.5, 0.6) is 0 Å². The van der Waals surface area contributed by atoms with E-state index in [1.807, 2.05) is 30.3 Å². The molecule has 1 aromatic heterocycles. The molecule has 0 saturated heterocycles. The molecule has 0 fully saturated rings. The zero-order valence-corrected chi connectivity index (χ0v) is 15.5. The summed E-state index contributed by atoms with van der Waals surface area (Å²) in [6.45, 7) is 4.33. The van der Waals surface area contributed by atoms with E-state index in [1.165, 1.54) is 5.56 Å². The van der Waals surface area contributed by atoms with Gasteiger partial charge in [0, 0.05) is 19.9 Å². The van der Waals surface area contributed by atoms with E-state index in [0.717, 1.165) is 11.1 Å². The van der Waals surface area contributed by atoms with Crippen molar-refractivity contribution in [1.82, 2.24) is 20.2 Å². The van der Waals surface area contributed by atoms with Gasteiger partial charge in [0.05, 0.1) is 5.92 Å². The van der Waals surface area contributed by atoms with Crippen molar-refractivity contribution in [3.8, 4) is 0 Å². The summed E-state index contributed by atoms with van der Waals surface area (Å²) in [6, 6.07) is 18.3. The van der Waals surface area contributed by atoms with Gasteiger partial charge < -0.3 is 0 Å². The normalized spacial score (nSPS) is 12.3. The zero-order valence-electron chi connectivity index (χ0n) is 15.5. The number of tetrazole rings is 1. The molecular weight excluding hydrogens is 324 g/mol. The second-order valence-electron chi connectivity index (χ2n) is 6.94. The number of carbonyl (C=O) groups is 1. The molecule has 0 N–H and O–H groups in total. The summed E-state index contributed by atoms with van der Waals surface area (Å²) in [5.74, 6) is 1.24. The van der Waals surface area contributed by atoms with Crippen LogP contribution in [-0.2, 0) is 18.3 Å². The molecule has 0 bridgehead atoms. The third kappa shape index (κ3) is 4.23. The number of benzene rings is 2. The maximum atomic E-state index is 12.7. The van der Waals surface area contributed by atoms with Crippen molar-refractivity contribution >= 4 is 5.78 Å². The van der Waals surface area contributed by atoms with Crippen molar-refractivity contribution in [1.29, 1.82) is 0 Å². The number of carbonyl (C=O) groups excluding carboxylic acids is 1. The highest BCUT2D eigenvalue weighted by Crippen LogP contribution is 2.26. The molecule has 26 heavy (non-hydrogen) atoms. The first-order valence-electron chi connectivity index (χ1n) is 8.92. The van der Waals surface area contributed by atoms with Gasteiger partial charge in [-0.3, -0.25) is 4.79 Å². The van der Waals surface area contributed by atoms with Crippen LogP contribution in [0.2, 0.25) is 0 Å². The number of Topliss-reactive ketones (excluding diaryl/α,β-unsaturated/α-hetero) is 1. The summed E-state index contributed by atoms with van der Waals surface area (Å²) >= 11 is 0. The Hall–Kier alpha value is -2.82. The molecule has 5 heteroatoms. The highest BCUT2D eigenvalue weighted by Gasteiger charge is 2.23. The van der Waals surface area contributed by atoms with Gasteiger partial charge in [-0.15, -0.1) is 5.10 Å². The standard InChI is InChI=1S/C21H24N4O/c1-15(2)17-11-9-16(10-12-17)13-19(26)14-20(18-7-5-4-6-8-18)21-22-23-24-25(21)3/h4-12,15,20H,13-14H2,1-3H3. The van der Waals surface area contributed by atoms with Crippen molar-refractivity contribution < 1.29 is 4.79 Å². The fraction of sp³-hybridized carbons (Fsp3) is 0.333. The van der Waals surface area contributed by atoms with Crippen LogP contribution >= 0.6 is 0 Å². The summed E-state index contributed by atoms with van der Waals surface area (Å²) in [4.78, 5) is 12.7. The highest BCUT2D eigenvalue weighted by molar-refractivity contribution is 5.82. The van der Waals surface area contributed by atoms with Crippen molar-refractivity contribution in [2.45, 2.75) is 38.5 Å². The lowest BCUT2D eigenvalue weighted by atomic mass is 9.90. The lowest BCUT2D eigenvalue weighted by Crippen LogP contribution is -2.15. The van der Waals surface area contributed by atoms with Crippen LogP contribution in [-0.4, -0.2) is 26.0 Å². The number of hydrogen-bond acceptors (Lipinski definition) is 4. The Bertz CT molecular complexity index is 853. The van der Waals surface area contributed by atoms with Gasteiger partial charge in [0.25, 0.3) is 0 Å². The largest absolute Gasteiger partial charge is 0.299 e. The van der Waals surface area contributed by atoms with Gasteiger partial charge in [-0.2, -0.15) is 0 Å². The Morgan fingerprint density at radius 1 is 1.00 bits per heavy atom. The summed E-state index contributed by atoms with van der Waals surface area (Å²) in [7, 11) is 1.81. The molecule has 0 aliphatic heterocycles. The van der Waals surface area contributed by atoms with E-state index in [2.05, 4.69) is 53.6 Å². The molecule has 0 saturated carbocycles. The van der Waals surface area contributed by atoms with Crippen LogP contribution in [0.15, 0.2) is 54.6 Å². The maximum Gasteiger partial charge on any atom is 0.158 e. The molecule has 134 valence electrons. The smallest absolute Gasteiger partial charge is 0.158 e. The van der Waals surface area contributed by atoms with Crippen LogP contribution in [0.1, 0.15) is 54.6 Å². The van der Waals surface area contributed by atoms with Crippen LogP contribution in [0, 0.1) is 0 Å². The summed E-state index contributed by atoms with van der Waals surface area (Å²) in [5, 5.41) is 11.8. The van der Waals surface area contributed by atoms with Gasteiger partial charge in [0.2, 0.25) is 0 Å². The maximum absolute atomic E-state index is 12.7. The number of aromatic nitrogens is 4. The second kappa shape index (κ2) is 8.04. The van der Waals surface area contributed by atoms with Crippen molar-refractivity contribution in [2.24, 2.45) is 7.05 Å². The minimum absolute atomic E-state index is 0.140. The molecule has 3 rings (SSSR count). The molecule has 3 aromatic rings. The summed E-state index contributed by atoms with van der Waals surface area (Å²) in [6.07, 6.45) is 0.803. The molecule has 0 radical (unpaired) electrons. The van der Waals surface area contributed by atoms with Gasteiger partial charge in [-0.1, -0.05) is 68.4 Å². The van der Waals surface area contributed by atoms with Crippen LogP contribution < -0.4 is 0 Å². The quantitative estimate of drug-likeness (QED) is 0.654. The Labute approximate surface area is 154 Å².